The lowest BCUT2D eigenvalue weighted by molar-refractivity contribution is -0.111. The van der Waals surface area contributed by atoms with Crippen molar-refractivity contribution in [2.45, 2.75) is 19.8 Å². The Morgan fingerprint density at radius 1 is 1.17 bits per heavy atom. The lowest BCUT2D eigenvalue weighted by Gasteiger charge is -2.05. The molecule has 1 aromatic heterocycles. The van der Waals surface area contributed by atoms with Crippen molar-refractivity contribution in [2.24, 2.45) is 0 Å². The molecule has 1 aromatic carbocycles. The van der Waals surface area contributed by atoms with Gasteiger partial charge in [0, 0.05) is 18.1 Å². The number of rotatable bonds is 6. The van der Waals surface area contributed by atoms with Crippen molar-refractivity contribution in [3.63, 3.8) is 0 Å². The van der Waals surface area contributed by atoms with Crippen LogP contribution in [0.15, 0.2) is 24.3 Å². The highest BCUT2D eigenvalue weighted by molar-refractivity contribution is 7.15. The van der Waals surface area contributed by atoms with E-state index in [1.54, 1.807) is 26.4 Å². The minimum atomic E-state index is -0.266. The van der Waals surface area contributed by atoms with Crippen LogP contribution < -0.4 is 14.8 Å². The summed E-state index contributed by atoms with van der Waals surface area (Å²) in [6.07, 6.45) is 3.12. The molecule has 0 radical (unpaired) electrons. The first kappa shape index (κ1) is 17.0. The van der Waals surface area contributed by atoms with Crippen LogP contribution in [0.3, 0.4) is 0 Å². The molecule has 0 saturated heterocycles. The van der Waals surface area contributed by atoms with Crippen LogP contribution in [0.4, 0.5) is 5.13 Å². The number of anilines is 1. The molecule has 23 heavy (non-hydrogen) atoms. The zero-order valence-electron chi connectivity index (χ0n) is 13.5. The summed E-state index contributed by atoms with van der Waals surface area (Å²) in [5, 5.41) is 12.1. The molecule has 0 aliphatic heterocycles. The number of nitrogens with zero attached hydrogens (tertiary/aromatic N) is 2. The molecule has 0 aliphatic carbocycles. The Labute approximate surface area is 139 Å². The topological polar surface area (TPSA) is 73.3 Å². The largest absolute Gasteiger partial charge is 0.497 e. The van der Waals surface area contributed by atoms with Crippen molar-refractivity contribution < 1.29 is 14.3 Å². The van der Waals surface area contributed by atoms with Crippen LogP contribution in [0, 0.1) is 0 Å². The number of benzene rings is 1. The Balaban J connectivity index is 2.05. The zero-order chi connectivity index (χ0) is 16.8. The molecule has 2 aromatic rings. The average Bonchev–Trinajstić information content (AvgIpc) is 3.01. The molecule has 0 atom stereocenters. The Bertz CT molecular complexity index is 688. The Morgan fingerprint density at radius 2 is 1.83 bits per heavy atom. The fourth-order valence-electron chi connectivity index (χ4n) is 1.76. The van der Waals surface area contributed by atoms with Gasteiger partial charge in [0.05, 0.1) is 14.2 Å². The van der Waals surface area contributed by atoms with E-state index in [0.717, 1.165) is 10.6 Å². The van der Waals surface area contributed by atoms with Crippen LogP contribution in [0.5, 0.6) is 11.5 Å². The molecule has 0 saturated carbocycles. The SMILES string of the molecule is COc1cc(/C=C/C(=O)Nc2nnc(C(C)C)s2)cc(OC)c1. The van der Waals surface area contributed by atoms with E-state index >= 15 is 0 Å². The Hall–Kier alpha value is -2.41. The van der Waals surface area contributed by atoms with Crippen molar-refractivity contribution in [1.29, 1.82) is 0 Å². The zero-order valence-corrected chi connectivity index (χ0v) is 14.3. The van der Waals surface area contributed by atoms with Crippen molar-refractivity contribution in [3.05, 3.63) is 34.8 Å². The van der Waals surface area contributed by atoms with Gasteiger partial charge in [-0.25, -0.2) is 0 Å². The highest BCUT2D eigenvalue weighted by Gasteiger charge is 2.09. The third kappa shape index (κ3) is 4.79. The second-order valence-electron chi connectivity index (χ2n) is 5.07. The highest BCUT2D eigenvalue weighted by atomic mass is 32.1. The van der Waals surface area contributed by atoms with Crippen molar-refractivity contribution >= 4 is 28.5 Å². The third-order valence-corrected chi connectivity index (χ3v) is 4.10. The number of ether oxygens (including phenoxy) is 2. The molecule has 7 heteroatoms. The van der Waals surface area contributed by atoms with Gasteiger partial charge >= 0.3 is 0 Å². The lowest BCUT2D eigenvalue weighted by Crippen LogP contribution is -2.07. The van der Waals surface area contributed by atoms with Gasteiger partial charge in [-0.05, 0) is 23.8 Å². The summed E-state index contributed by atoms with van der Waals surface area (Å²) >= 11 is 1.38. The quantitative estimate of drug-likeness (QED) is 0.821. The number of carbonyl (C=O) groups is 1. The predicted molar refractivity (Wildman–Crippen MR) is 91.2 cm³/mol. The maximum absolute atomic E-state index is 12.0. The van der Waals surface area contributed by atoms with E-state index in [0.29, 0.717) is 16.6 Å². The third-order valence-electron chi connectivity index (χ3n) is 2.97. The van der Waals surface area contributed by atoms with Gasteiger partial charge in [-0.15, -0.1) is 10.2 Å². The van der Waals surface area contributed by atoms with E-state index < -0.39 is 0 Å². The van der Waals surface area contributed by atoms with Crippen LogP contribution in [0.2, 0.25) is 0 Å². The summed E-state index contributed by atoms with van der Waals surface area (Å²) in [5.41, 5.74) is 0.802. The summed E-state index contributed by atoms with van der Waals surface area (Å²) < 4.78 is 10.4. The predicted octanol–water partition coefficient (Wildman–Crippen LogP) is 3.33. The fraction of sp³-hybridized carbons (Fsp3) is 0.312. The molecule has 0 aliphatic rings. The Morgan fingerprint density at radius 3 is 2.35 bits per heavy atom. The first-order valence-corrected chi connectivity index (χ1v) is 7.89. The number of methoxy groups -OCH3 is 2. The highest BCUT2D eigenvalue weighted by Crippen LogP contribution is 2.24. The van der Waals surface area contributed by atoms with Crippen LogP contribution in [-0.4, -0.2) is 30.3 Å². The number of aromatic nitrogens is 2. The number of nitrogens with one attached hydrogen (secondary N) is 1. The molecule has 0 spiro atoms. The minimum Gasteiger partial charge on any atom is -0.497 e. The van der Waals surface area contributed by atoms with Crippen molar-refractivity contribution in [2.75, 3.05) is 19.5 Å². The van der Waals surface area contributed by atoms with Gasteiger partial charge in [-0.2, -0.15) is 0 Å². The number of hydrogen-bond acceptors (Lipinski definition) is 6. The van der Waals surface area contributed by atoms with Crippen molar-refractivity contribution in [1.82, 2.24) is 10.2 Å². The molecule has 1 heterocycles. The van der Waals surface area contributed by atoms with Gasteiger partial charge in [-0.1, -0.05) is 25.2 Å². The molecule has 1 amide bonds. The van der Waals surface area contributed by atoms with Crippen LogP contribution in [0.25, 0.3) is 6.08 Å². The summed E-state index contributed by atoms with van der Waals surface area (Å²) in [7, 11) is 3.16. The van der Waals surface area contributed by atoms with Gasteiger partial charge < -0.3 is 9.47 Å². The Kier molecular flexibility index (Phi) is 5.70. The first-order chi connectivity index (χ1) is 11.0. The number of hydrogen-bond donors (Lipinski definition) is 1. The molecule has 0 fully saturated rings. The summed E-state index contributed by atoms with van der Waals surface area (Å²) in [4.78, 5) is 12.0. The van der Waals surface area contributed by atoms with E-state index in [9.17, 15) is 4.79 Å². The van der Waals surface area contributed by atoms with Crippen LogP contribution in [-0.2, 0) is 4.79 Å². The molecule has 1 N–H and O–H groups in total. The van der Waals surface area contributed by atoms with Gasteiger partial charge in [0.25, 0.3) is 0 Å². The van der Waals surface area contributed by atoms with Crippen LogP contribution in [0.1, 0.15) is 30.3 Å². The average molecular weight is 333 g/mol. The van der Waals surface area contributed by atoms with E-state index in [1.807, 2.05) is 26.0 Å². The van der Waals surface area contributed by atoms with E-state index in [4.69, 9.17) is 9.47 Å². The van der Waals surface area contributed by atoms with Gasteiger partial charge in [0.15, 0.2) is 0 Å². The molecule has 2 rings (SSSR count). The van der Waals surface area contributed by atoms with Gasteiger partial charge in [-0.3, -0.25) is 10.1 Å². The molecule has 0 bridgehead atoms. The summed E-state index contributed by atoms with van der Waals surface area (Å²) in [6.45, 7) is 4.06. The second kappa shape index (κ2) is 7.73. The second-order valence-corrected chi connectivity index (χ2v) is 6.08. The standard InChI is InChI=1S/C16H19N3O3S/c1-10(2)15-18-19-16(23-15)17-14(20)6-5-11-7-12(21-3)9-13(8-11)22-4/h5-10H,1-4H3,(H,17,19,20)/b6-5+. The fourth-order valence-corrected chi connectivity index (χ4v) is 2.51. The number of carbonyl (C=O) groups excluding carboxylic acids is 1. The maximum atomic E-state index is 12.0. The lowest BCUT2D eigenvalue weighted by atomic mass is 10.2. The minimum absolute atomic E-state index is 0.266. The van der Waals surface area contributed by atoms with Crippen LogP contribution >= 0.6 is 11.3 Å². The summed E-state index contributed by atoms with van der Waals surface area (Å²) in [6, 6.07) is 5.40. The van der Waals surface area contributed by atoms with Crippen molar-refractivity contribution in [3.8, 4) is 11.5 Å². The van der Waals surface area contributed by atoms with E-state index in [2.05, 4.69) is 15.5 Å². The molecular weight excluding hydrogens is 314 g/mol. The molecular formula is C16H19N3O3S. The van der Waals surface area contributed by atoms with E-state index in [-0.39, 0.29) is 11.8 Å². The monoisotopic (exact) mass is 333 g/mol. The first-order valence-electron chi connectivity index (χ1n) is 7.07. The number of amides is 1. The molecule has 6 nitrogen and oxygen atoms in total. The van der Waals surface area contributed by atoms with E-state index in [1.165, 1.54) is 17.4 Å². The van der Waals surface area contributed by atoms with Gasteiger partial charge in [0.2, 0.25) is 11.0 Å². The maximum Gasteiger partial charge on any atom is 0.250 e. The van der Waals surface area contributed by atoms with Gasteiger partial charge in [0.1, 0.15) is 16.5 Å². The normalized spacial score (nSPS) is 11.0. The molecule has 0 unspecified atom stereocenters. The molecule has 122 valence electrons. The summed E-state index contributed by atoms with van der Waals surface area (Å²) in [5.74, 6) is 1.35. The smallest absolute Gasteiger partial charge is 0.250 e.